The summed E-state index contributed by atoms with van der Waals surface area (Å²) in [5.74, 6) is -0.827. The van der Waals surface area contributed by atoms with Crippen LogP contribution in [0.25, 0.3) is 0 Å². The minimum atomic E-state index is -4.53. The number of rotatable bonds is 7. The number of nitrogens with zero attached hydrogens (tertiary/aromatic N) is 2. The second kappa shape index (κ2) is 9.40. The van der Waals surface area contributed by atoms with Crippen molar-refractivity contribution in [3.8, 4) is 0 Å². The molecule has 1 aliphatic heterocycles. The summed E-state index contributed by atoms with van der Waals surface area (Å²) in [6.07, 6.45) is -2.90. The number of halogens is 3. The third kappa shape index (κ3) is 5.65. The van der Waals surface area contributed by atoms with E-state index in [4.69, 9.17) is 0 Å². The van der Waals surface area contributed by atoms with E-state index in [1.54, 1.807) is 0 Å². The first-order valence-electron chi connectivity index (χ1n) is 10.1. The highest BCUT2D eigenvalue weighted by molar-refractivity contribution is 7.89. The molecule has 1 amide bonds. The highest BCUT2D eigenvalue weighted by Crippen LogP contribution is 2.26. The molecule has 0 saturated carbocycles. The lowest BCUT2D eigenvalue weighted by Crippen LogP contribution is -2.40. The summed E-state index contributed by atoms with van der Waals surface area (Å²) < 4.78 is 66.5. The van der Waals surface area contributed by atoms with Gasteiger partial charge in [0.15, 0.2) is 0 Å². The molecule has 0 bridgehead atoms. The van der Waals surface area contributed by atoms with Gasteiger partial charge in [-0.15, -0.1) is 0 Å². The van der Waals surface area contributed by atoms with Crippen LogP contribution in [0.3, 0.4) is 0 Å². The van der Waals surface area contributed by atoms with E-state index in [2.05, 4.69) is 0 Å². The average molecular weight is 455 g/mol. The largest absolute Gasteiger partial charge is 0.406 e. The monoisotopic (exact) mass is 454 g/mol. The summed E-state index contributed by atoms with van der Waals surface area (Å²) in [4.78, 5) is 13.4. The standard InChI is InChI=1S/C22H25F3N2O3S/c1-2-3-12-26(16-22(23,24)25)21(28)18-9-6-10-20(14-18)31(29,30)27-13-11-17-7-4-5-8-19(17)15-27/h4-10,14H,2-3,11-13,15-16H2,1H3. The summed E-state index contributed by atoms with van der Waals surface area (Å²) in [5.41, 5.74) is 1.94. The van der Waals surface area contributed by atoms with Gasteiger partial charge in [-0.05, 0) is 42.2 Å². The molecule has 0 N–H and O–H groups in total. The van der Waals surface area contributed by atoms with Gasteiger partial charge in [0, 0.05) is 25.2 Å². The van der Waals surface area contributed by atoms with E-state index in [1.807, 2.05) is 31.2 Å². The van der Waals surface area contributed by atoms with Crippen molar-refractivity contribution in [3.63, 3.8) is 0 Å². The third-order valence-electron chi connectivity index (χ3n) is 5.25. The number of unbranched alkanes of at least 4 members (excludes halogenated alkanes) is 1. The Bertz CT molecular complexity index is 1040. The number of alkyl halides is 3. The van der Waals surface area contributed by atoms with E-state index in [-0.39, 0.29) is 23.5 Å². The molecular formula is C22H25F3N2O3S. The molecule has 9 heteroatoms. The van der Waals surface area contributed by atoms with Crippen molar-refractivity contribution in [1.29, 1.82) is 0 Å². The fourth-order valence-corrected chi connectivity index (χ4v) is 5.08. The molecule has 0 fully saturated rings. The van der Waals surface area contributed by atoms with Crippen molar-refractivity contribution in [2.45, 2.75) is 43.8 Å². The first-order chi connectivity index (χ1) is 14.6. The maximum Gasteiger partial charge on any atom is 0.406 e. The van der Waals surface area contributed by atoms with Crippen LogP contribution in [0.4, 0.5) is 13.2 Å². The van der Waals surface area contributed by atoms with Crippen molar-refractivity contribution >= 4 is 15.9 Å². The quantitative estimate of drug-likeness (QED) is 0.629. The third-order valence-corrected chi connectivity index (χ3v) is 7.09. The zero-order valence-corrected chi connectivity index (χ0v) is 18.0. The normalized spacial score (nSPS) is 14.8. The molecule has 0 unspecified atom stereocenters. The van der Waals surface area contributed by atoms with Crippen molar-refractivity contribution < 1.29 is 26.4 Å². The summed E-state index contributed by atoms with van der Waals surface area (Å²) in [6, 6.07) is 12.9. The number of carbonyl (C=O) groups is 1. The topological polar surface area (TPSA) is 57.7 Å². The van der Waals surface area contributed by atoms with Gasteiger partial charge in [-0.1, -0.05) is 43.7 Å². The van der Waals surface area contributed by atoms with E-state index >= 15 is 0 Å². The summed E-state index contributed by atoms with van der Waals surface area (Å²) in [6.45, 7) is 0.919. The number of benzene rings is 2. The van der Waals surface area contributed by atoms with Crippen LogP contribution in [0, 0.1) is 0 Å². The molecule has 0 radical (unpaired) electrons. The molecule has 2 aromatic rings. The van der Waals surface area contributed by atoms with E-state index < -0.39 is 28.7 Å². The molecule has 0 atom stereocenters. The Morgan fingerprint density at radius 1 is 1.10 bits per heavy atom. The van der Waals surface area contributed by atoms with E-state index in [0.717, 1.165) is 16.0 Å². The van der Waals surface area contributed by atoms with E-state index in [1.165, 1.54) is 28.6 Å². The number of carbonyl (C=O) groups excluding carboxylic acids is 1. The van der Waals surface area contributed by atoms with Gasteiger partial charge in [0.1, 0.15) is 6.54 Å². The molecule has 0 spiro atoms. The average Bonchev–Trinajstić information content (AvgIpc) is 2.75. The molecule has 0 aliphatic carbocycles. The van der Waals surface area contributed by atoms with Gasteiger partial charge < -0.3 is 4.90 Å². The molecule has 1 aliphatic rings. The number of hydrogen-bond acceptors (Lipinski definition) is 3. The maximum absolute atomic E-state index is 13.2. The molecule has 1 heterocycles. The molecule has 3 rings (SSSR count). The highest BCUT2D eigenvalue weighted by Gasteiger charge is 2.34. The predicted molar refractivity (Wildman–Crippen MR) is 111 cm³/mol. The molecule has 2 aromatic carbocycles. The van der Waals surface area contributed by atoms with Crippen LogP contribution in [-0.2, 0) is 23.0 Å². The van der Waals surface area contributed by atoms with Crippen LogP contribution in [0.1, 0.15) is 41.3 Å². The van der Waals surface area contributed by atoms with Crippen molar-refractivity contribution in [2.24, 2.45) is 0 Å². The number of sulfonamides is 1. The van der Waals surface area contributed by atoms with Gasteiger partial charge in [0.2, 0.25) is 10.0 Å². The smallest absolute Gasteiger partial charge is 0.330 e. The lowest BCUT2D eigenvalue weighted by Gasteiger charge is -2.28. The van der Waals surface area contributed by atoms with E-state index in [0.29, 0.717) is 25.8 Å². The summed E-state index contributed by atoms with van der Waals surface area (Å²) in [5, 5.41) is 0. The number of hydrogen-bond donors (Lipinski definition) is 0. The molecule has 5 nitrogen and oxygen atoms in total. The Labute approximate surface area is 180 Å². The Kier molecular flexibility index (Phi) is 7.06. The van der Waals surface area contributed by atoms with Crippen molar-refractivity contribution in [3.05, 3.63) is 65.2 Å². The highest BCUT2D eigenvalue weighted by atomic mass is 32.2. The lowest BCUT2D eigenvalue weighted by atomic mass is 10.0. The first-order valence-corrected chi connectivity index (χ1v) is 11.6. The minimum absolute atomic E-state index is 0.0469. The zero-order valence-electron chi connectivity index (χ0n) is 17.2. The van der Waals surface area contributed by atoms with E-state index in [9.17, 15) is 26.4 Å². The fraction of sp³-hybridized carbons (Fsp3) is 0.409. The Hall–Kier alpha value is -2.39. The molecular weight excluding hydrogens is 429 g/mol. The van der Waals surface area contributed by atoms with Crippen LogP contribution >= 0.6 is 0 Å². The lowest BCUT2D eigenvalue weighted by molar-refractivity contribution is -0.140. The van der Waals surface area contributed by atoms with Crippen LogP contribution in [0.2, 0.25) is 0 Å². The predicted octanol–water partition coefficient (Wildman–Crippen LogP) is 4.24. The van der Waals surface area contributed by atoms with Crippen LogP contribution < -0.4 is 0 Å². The van der Waals surface area contributed by atoms with Crippen molar-refractivity contribution in [1.82, 2.24) is 9.21 Å². The molecule has 0 saturated heterocycles. The zero-order chi connectivity index (χ0) is 22.6. The SMILES string of the molecule is CCCCN(CC(F)(F)F)C(=O)c1cccc(S(=O)(=O)N2CCc3ccccc3C2)c1. The minimum Gasteiger partial charge on any atom is -0.330 e. The maximum atomic E-state index is 13.2. The van der Waals surface area contributed by atoms with Crippen LogP contribution in [-0.4, -0.2) is 49.3 Å². The molecule has 31 heavy (non-hydrogen) atoms. The molecule has 168 valence electrons. The second-order valence-electron chi connectivity index (χ2n) is 7.58. The van der Waals surface area contributed by atoms with Crippen LogP contribution in [0.15, 0.2) is 53.4 Å². The van der Waals surface area contributed by atoms with Gasteiger partial charge in [0.05, 0.1) is 4.90 Å². The van der Waals surface area contributed by atoms with Crippen LogP contribution in [0.5, 0.6) is 0 Å². The van der Waals surface area contributed by atoms with Gasteiger partial charge in [-0.3, -0.25) is 4.79 Å². The van der Waals surface area contributed by atoms with Gasteiger partial charge in [-0.2, -0.15) is 17.5 Å². The number of amides is 1. The van der Waals surface area contributed by atoms with Crippen molar-refractivity contribution in [2.75, 3.05) is 19.6 Å². The Morgan fingerprint density at radius 2 is 1.81 bits per heavy atom. The second-order valence-corrected chi connectivity index (χ2v) is 9.52. The molecule has 0 aromatic heterocycles. The van der Waals surface area contributed by atoms with Gasteiger partial charge >= 0.3 is 6.18 Å². The van der Waals surface area contributed by atoms with Gasteiger partial charge in [-0.25, -0.2) is 8.42 Å². The number of fused-ring (bicyclic) bond motifs is 1. The summed E-state index contributed by atoms with van der Waals surface area (Å²) >= 11 is 0. The summed E-state index contributed by atoms with van der Waals surface area (Å²) in [7, 11) is -3.90. The Morgan fingerprint density at radius 3 is 2.48 bits per heavy atom. The first kappa shape index (κ1) is 23.3. The van der Waals surface area contributed by atoms with Gasteiger partial charge in [0.25, 0.3) is 5.91 Å². The fourth-order valence-electron chi connectivity index (χ4n) is 3.61. The Balaban J connectivity index is 1.85.